The third-order valence-corrected chi connectivity index (χ3v) is 3.18. The van der Waals surface area contributed by atoms with E-state index in [0.717, 1.165) is 12.2 Å². The van der Waals surface area contributed by atoms with Crippen molar-refractivity contribution in [3.05, 3.63) is 54.0 Å². The predicted octanol–water partition coefficient (Wildman–Crippen LogP) is 3.18. The first-order valence-electron chi connectivity index (χ1n) is 7.76. The summed E-state index contributed by atoms with van der Waals surface area (Å²) in [6.45, 7) is 0.683. The molecule has 1 aromatic carbocycles. The fraction of sp³-hybridized carbons (Fsp3) is 0.353. The maximum Gasteiger partial charge on any atom is 0.387 e. The standard InChI is InChI=1S/C17H21F2N3O2/c1-2-20-17(21-10-9-14-7-5-11-23-14)22-12-13-6-3-4-8-15(13)24-16(18)19/h3-8,11,16H,2,9-10,12H2,1H3,(H2,20,21,22). The number of aliphatic imine (C=N–C) groups is 1. The molecule has 0 bridgehead atoms. The fourth-order valence-electron chi connectivity index (χ4n) is 2.11. The number of benzene rings is 1. The zero-order valence-corrected chi connectivity index (χ0v) is 13.5. The van der Waals surface area contributed by atoms with Gasteiger partial charge in [-0.1, -0.05) is 18.2 Å². The van der Waals surface area contributed by atoms with Crippen LogP contribution in [0, 0.1) is 0 Å². The van der Waals surface area contributed by atoms with Gasteiger partial charge in [0.25, 0.3) is 0 Å². The molecule has 1 heterocycles. The largest absolute Gasteiger partial charge is 0.469 e. The summed E-state index contributed by atoms with van der Waals surface area (Å²) in [7, 11) is 0. The third kappa shape index (κ3) is 5.91. The maximum absolute atomic E-state index is 12.4. The summed E-state index contributed by atoms with van der Waals surface area (Å²) >= 11 is 0. The zero-order chi connectivity index (χ0) is 17.2. The monoisotopic (exact) mass is 337 g/mol. The minimum Gasteiger partial charge on any atom is -0.469 e. The topological polar surface area (TPSA) is 58.8 Å². The van der Waals surface area contributed by atoms with Crippen molar-refractivity contribution >= 4 is 5.96 Å². The molecular formula is C17H21F2N3O2. The van der Waals surface area contributed by atoms with Crippen LogP contribution >= 0.6 is 0 Å². The number of guanidine groups is 1. The van der Waals surface area contributed by atoms with Gasteiger partial charge < -0.3 is 19.8 Å². The number of furan rings is 1. The lowest BCUT2D eigenvalue weighted by Gasteiger charge is -2.12. The van der Waals surface area contributed by atoms with Crippen LogP contribution in [0.5, 0.6) is 5.75 Å². The highest BCUT2D eigenvalue weighted by Gasteiger charge is 2.09. The Morgan fingerprint density at radius 3 is 2.75 bits per heavy atom. The summed E-state index contributed by atoms with van der Waals surface area (Å²) < 4.78 is 34.6. The van der Waals surface area contributed by atoms with Gasteiger partial charge in [0.2, 0.25) is 0 Å². The molecule has 0 aliphatic carbocycles. The van der Waals surface area contributed by atoms with E-state index < -0.39 is 6.61 Å². The van der Waals surface area contributed by atoms with Crippen LogP contribution in [0.3, 0.4) is 0 Å². The minimum atomic E-state index is -2.85. The first kappa shape index (κ1) is 17.8. The van der Waals surface area contributed by atoms with E-state index in [4.69, 9.17) is 4.42 Å². The Hall–Kier alpha value is -2.57. The molecule has 0 unspecified atom stereocenters. The highest BCUT2D eigenvalue weighted by molar-refractivity contribution is 5.79. The van der Waals surface area contributed by atoms with E-state index in [-0.39, 0.29) is 12.3 Å². The van der Waals surface area contributed by atoms with Gasteiger partial charge in [-0.05, 0) is 25.1 Å². The molecule has 0 saturated heterocycles. The molecule has 5 nitrogen and oxygen atoms in total. The Morgan fingerprint density at radius 2 is 2.04 bits per heavy atom. The van der Waals surface area contributed by atoms with Crippen LogP contribution in [0.1, 0.15) is 18.2 Å². The highest BCUT2D eigenvalue weighted by Crippen LogP contribution is 2.20. The van der Waals surface area contributed by atoms with Crippen molar-refractivity contribution in [1.82, 2.24) is 10.6 Å². The first-order chi connectivity index (χ1) is 11.7. The lowest BCUT2D eigenvalue weighted by molar-refractivity contribution is -0.0504. The number of rotatable bonds is 8. The quantitative estimate of drug-likeness (QED) is 0.574. The molecule has 0 spiro atoms. The summed E-state index contributed by atoms with van der Waals surface area (Å²) in [6.07, 6.45) is 2.36. The van der Waals surface area contributed by atoms with E-state index in [0.29, 0.717) is 24.6 Å². The summed E-state index contributed by atoms with van der Waals surface area (Å²) in [5.41, 5.74) is 0.598. The summed E-state index contributed by atoms with van der Waals surface area (Å²) in [6, 6.07) is 10.4. The van der Waals surface area contributed by atoms with Gasteiger partial charge in [0.1, 0.15) is 11.5 Å². The van der Waals surface area contributed by atoms with Crippen molar-refractivity contribution in [2.24, 2.45) is 4.99 Å². The van der Waals surface area contributed by atoms with E-state index in [1.807, 2.05) is 19.1 Å². The number of nitrogens with zero attached hydrogens (tertiary/aromatic N) is 1. The molecule has 2 aromatic rings. The molecule has 0 saturated carbocycles. The number of ether oxygens (including phenoxy) is 1. The summed E-state index contributed by atoms with van der Waals surface area (Å²) in [5.74, 6) is 1.63. The number of nitrogens with one attached hydrogen (secondary N) is 2. The van der Waals surface area contributed by atoms with E-state index in [1.165, 1.54) is 6.07 Å². The number of halogens is 2. The zero-order valence-electron chi connectivity index (χ0n) is 13.5. The normalized spacial score (nSPS) is 11.6. The lowest BCUT2D eigenvalue weighted by atomic mass is 10.2. The first-order valence-corrected chi connectivity index (χ1v) is 7.76. The molecule has 0 amide bonds. The maximum atomic E-state index is 12.4. The van der Waals surface area contributed by atoms with Gasteiger partial charge in [0.05, 0.1) is 12.8 Å². The number of hydrogen-bond donors (Lipinski definition) is 2. The molecule has 0 fully saturated rings. The third-order valence-electron chi connectivity index (χ3n) is 3.18. The van der Waals surface area contributed by atoms with Crippen molar-refractivity contribution in [1.29, 1.82) is 0 Å². The van der Waals surface area contributed by atoms with Crippen LogP contribution in [-0.4, -0.2) is 25.7 Å². The predicted molar refractivity (Wildman–Crippen MR) is 88.3 cm³/mol. The molecule has 0 atom stereocenters. The molecule has 2 rings (SSSR count). The Labute approximate surface area is 139 Å². The van der Waals surface area contributed by atoms with Crippen LogP contribution in [0.15, 0.2) is 52.1 Å². The molecule has 0 aliphatic heterocycles. The van der Waals surface area contributed by atoms with Gasteiger partial charge in [0.15, 0.2) is 5.96 Å². The molecule has 0 radical (unpaired) electrons. The fourth-order valence-corrected chi connectivity index (χ4v) is 2.11. The van der Waals surface area contributed by atoms with Crippen molar-refractivity contribution < 1.29 is 17.9 Å². The van der Waals surface area contributed by atoms with Crippen LogP contribution < -0.4 is 15.4 Å². The molecule has 24 heavy (non-hydrogen) atoms. The van der Waals surface area contributed by atoms with Gasteiger partial charge >= 0.3 is 6.61 Å². The molecule has 2 N–H and O–H groups in total. The Balaban J connectivity index is 1.94. The minimum absolute atomic E-state index is 0.141. The second-order valence-corrected chi connectivity index (χ2v) is 4.94. The average Bonchev–Trinajstić information content (AvgIpc) is 3.06. The van der Waals surface area contributed by atoms with Crippen LogP contribution in [0.4, 0.5) is 8.78 Å². The van der Waals surface area contributed by atoms with Gasteiger partial charge in [-0.15, -0.1) is 0 Å². The van der Waals surface area contributed by atoms with Gasteiger partial charge in [-0.2, -0.15) is 8.78 Å². The van der Waals surface area contributed by atoms with Gasteiger partial charge in [-0.25, -0.2) is 4.99 Å². The van der Waals surface area contributed by atoms with Crippen molar-refractivity contribution in [2.75, 3.05) is 13.1 Å². The second-order valence-electron chi connectivity index (χ2n) is 4.94. The van der Waals surface area contributed by atoms with Crippen molar-refractivity contribution in [3.8, 4) is 5.75 Å². The Morgan fingerprint density at radius 1 is 1.21 bits per heavy atom. The van der Waals surface area contributed by atoms with Crippen molar-refractivity contribution in [3.63, 3.8) is 0 Å². The molecule has 130 valence electrons. The van der Waals surface area contributed by atoms with Gasteiger partial charge in [-0.3, -0.25) is 0 Å². The van der Waals surface area contributed by atoms with E-state index in [9.17, 15) is 8.78 Å². The summed E-state index contributed by atoms with van der Waals surface area (Å²) in [5, 5.41) is 6.29. The molecule has 7 heteroatoms. The highest BCUT2D eigenvalue weighted by atomic mass is 19.3. The van der Waals surface area contributed by atoms with E-state index in [2.05, 4.69) is 20.4 Å². The summed E-state index contributed by atoms with van der Waals surface area (Å²) in [4.78, 5) is 4.41. The van der Waals surface area contributed by atoms with Crippen LogP contribution in [0.2, 0.25) is 0 Å². The van der Waals surface area contributed by atoms with Crippen molar-refractivity contribution in [2.45, 2.75) is 26.5 Å². The molecular weight excluding hydrogens is 316 g/mol. The molecule has 0 aliphatic rings. The van der Waals surface area contributed by atoms with Gasteiger partial charge in [0, 0.05) is 25.1 Å². The Bertz CT molecular complexity index is 631. The van der Waals surface area contributed by atoms with E-state index in [1.54, 1.807) is 24.5 Å². The SMILES string of the molecule is CCNC(=NCc1ccccc1OC(F)F)NCCc1ccco1. The number of hydrogen-bond acceptors (Lipinski definition) is 3. The lowest BCUT2D eigenvalue weighted by Crippen LogP contribution is -2.38. The smallest absolute Gasteiger partial charge is 0.387 e. The van der Waals surface area contributed by atoms with E-state index >= 15 is 0 Å². The van der Waals surface area contributed by atoms with Crippen LogP contribution in [0.25, 0.3) is 0 Å². The van der Waals surface area contributed by atoms with Crippen LogP contribution in [-0.2, 0) is 13.0 Å². The molecule has 1 aromatic heterocycles. The average molecular weight is 337 g/mol. The number of para-hydroxylation sites is 1. The Kier molecular flexibility index (Phi) is 7.07. The second kappa shape index (κ2) is 9.54. The number of alkyl halides is 2.